The van der Waals surface area contributed by atoms with Crippen LogP contribution in [0, 0.1) is 6.92 Å². The summed E-state index contributed by atoms with van der Waals surface area (Å²) in [5.41, 5.74) is 1.81. The fourth-order valence-electron chi connectivity index (χ4n) is 3.70. The van der Waals surface area contributed by atoms with Gasteiger partial charge in [0.25, 0.3) is 5.91 Å². The average molecular weight is 398 g/mol. The van der Waals surface area contributed by atoms with Crippen LogP contribution in [0.15, 0.2) is 30.5 Å². The van der Waals surface area contributed by atoms with Crippen LogP contribution in [0.25, 0.3) is 11.0 Å². The maximum atomic E-state index is 12.8. The van der Waals surface area contributed by atoms with Crippen molar-refractivity contribution < 1.29 is 9.59 Å². The second kappa shape index (κ2) is 7.71. The highest BCUT2D eigenvalue weighted by atomic mass is 32.1. The molecule has 0 saturated carbocycles. The summed E-state index contributed by atoms with van der Waals surface area (Å²) in [6.45, 7) is 6.00. The minimum absolute atomic E-state index is 0.0570. The molecule has 1 fully saturated rings. The zero-order chi connectivity index (χ0) is 19.7. The third kappa shape index (κ3) is 3.64. The van der Waals surface area contributed by atoms with Crippen molar-refractivity contribution in [1.82, 2.24) is 25.0 Å². The number of fused-ring (bicyclic) bond motifs is 1. The first kappa shape index (κ1) is 18.6. The summed E-state index contributed by atoms with van der Waals surface area (Å²) in [5, 5.41) is 8.63. The Labute approximate surface area is 167 Å². The summed E-state index contributed by atoms with van der Waals surface area (Å²) >= 11 is 1.54. The molecule has 0 spiro atoms. The number of aryl methyl sites for hydroxylation is 1. The van der Waals surface area contributed by atoms with E-state index in [1.54, 1.807) is 17.5 Å². The van der Waals surface area contributed by atoms with Gasteiger partial charge in [0.1, 0.15) is 0 Å². The van der Waals surface area contributed by atoms with Crippen molar-refractivity contribution in [3.05, 3.63) is 45.9 Å². The number of pyridine rings is 1. The number of likely N-dealkylation sites (tertiary alicyclic amines) is 1. The normalized spacial score (nSPS) is 16.6. The van der Waals surface area contributed by atoms with Crippen LogP contribution in [0.1, 0.15) is 39.5 Å². The van der Waals surface area contributed by atoms with Crippen LogP contribution in [-0.4, -0.2) is 51.1 Å². The van der Waals surface area contributed by atoms with Gasteiger partial charge in [-0.2, -0.15) is 5.10 Å². The molecule has 3 aromatic heterocycles. The second-order valence-corrected chi connectivity index (χ2v) is 8.40. The van der Waals surface area contributed by atoms with Crippen molar-refractivity contribution in [2.24, 2.45) is 0 Å². The molecule has 28 heavy (non-hydrogen) atoms. The van der Waals surface area contributed by atoms with Crippen LogP contribution in [0.5, 0.6) is 0 Å². The van der Waals surface area contributed by atoms with Gasteiger partial charge in [-0.3, -0.25) is 9.59 Å². The third-order valence-electron chi connectivity index (χ3n) is 5.05. The monoisotopic (exact) mass is 397 g/mol. The number of nitrogens with one attached hydrogen (secondary N) is 1. The van der Waals surface area contributed by atoms with Gasteiger partial charge in [0, 0.05) is 48.9 Å². The molecule has 0 bridgehead atoms. The van der Waals surface area contributed by atoms with Crippen molar-refractivity contribution in [1.29, 1.82) is 0 Å². The fourth-order valence-corrected chi connectivity index (χ4v) is 4.54. The number of thiophene rings is 1. The highest BCUT2D eigenvalue weighted by Crippen LogP contribution is 2.32. The first-order valence-corrected chi connectivity index (χ1v) is 10.3. The molecule has 2 amide bonds. The molecule has 0 radical (unpaired) electrons. The van der Waals surface area contributed by atoms with Gasteiger partial charge in [-0.25, -0.2) is 9.67 Å². The van der Waals surface area contributed by atoms with E-state index in [9.17, 15) is 9.59 Å². The van der Waals surface area contributed by atoms with E-state index in [2.05, 4.69) is 10.3 Å². The van der Waals surface area contributed by atoms with Crippen molar-refractivity contribution in [2.45, 2.75) is 32.7 Å². The molecule has 0 aliphatic carbocycles. The quantitative estimate of drug-likeness (QED) is 0.718. The Morgan fingerprint density at radius 2 is 2.18 bits per heavy atom. The lowest BCUT2D eigenvalue weighted by Crippen LogP contribution is -2.27. The second-order valence-electron chi connectivity index (χ2n) is 7.11. The Morgan fingerprint density at radius 3 is 2.93 bits per heavy atom. The van der Waals surface area contributed by atoms with Gasteiger partial charge in [0.2, 0.25) is 5.91 Å². The fraction of sp³-hybridized carbons (Fsp3) is 0.400. The zero-order valence-electron chi connectivity index (χ0n) is 16.0. The molecule has 7 nitrogen and oxygen atoms in total. The van der Waals surface area contributed by atoms with Crippen molar-refractivity contribution in [3.8, 4) is 0 Å². The lowest BCUT2D eigenvalue weighted by atomic mass is 10.0. The van der Waals surface area contributed by atoms with Crippen LogP contribution in [0.4, 0.5) is 0 Å². The van der Waals surface area contributed by atoms with Crippen molar-refractivity contribution in [3.63, 3.8) is 0 Å². The average Bonchev–Trinajstić information content (AvgIpc) is 3.39. The lowest BCUT2D eigenvalue weighted by Gasteiger charge is -2.15. The first-order chi connectivity index (χ1) is 13.5. The molecule has 0 unspecified atom stereocenters. The number of hydrogen-bond donors (Lipinski definition) is 1. The summed E-state index contributed by atoms with van der Waals surface area (Å²) in [6.07, 6.45) is 2.65. The molecule has 8 heteroatoms. The predicted molar refractivity (Wildman–Crippen MR) is 109 cm³/mol. The maximum absolute atomic E-state index is 12.8. The molecule has 4 rings (SSSR count). The summed E-state index contributed by atoms with van der Waals surface area (Å²) in [6, 6.07) is 7.84. The Morgan fingerprint density at radius 1 is 1.32 bits per heavy atom. The number of rotatable bonds is 5. The minimum atomic E-state index is -0.0570. The molecule has 146 valence electrons. The molecule has 3 aromatic rings. The van der Waals surface area contributed by atoms with E-state index in [1.807, 2.05) is 40.8 Å². The van der Waals surface area contributed by atoms with E-state index >= 15 is 0 Å². The van der Waals surface area contributed by atoms with Gasteiger partial charge in [0.15, 0.2) is 5.65 Å². The number of hydrogen-bond acceptors (Lipinski definition) is 5. The van der Waals surface area contributed by atoms with Gasteiger partial charge in [-0.05, 0) is 37.6 Å². The highest BCUT2D eigenvalue weighted by Gasteiger charge is 2.31. The predicted octanol–water partition coefficient (Wildman–Crippen LogP) is 2.57. The van der Waals surface area contributed by atoms with Gasteiger partial charge in [-0.15, -0.1) is 11.3 Å². The SMILES string of the molecule is CC(=O)NCCn1nc([C@H]2CCN(C(=O)c3ccc(C)s3)C2)c2cccnc21. The van der Waals surface area contributed by atoms with Crippen LogP contribution in [0.2, 0.25) is 0 Å². The van der Waals surface area contributed by atoms with Gasteiger partial charge >= 0.3 is 0 Å². The molecular formula is C20H23N5O2S. The Balaban J connectivity index is 1.54. The molecule has 1 saturated heterocycles. The summed E-state index contributed by atoms with van der Waals surface area (Å²) in [5.74, 6) is 0.241. The maximum Gasteiger partial charge on any atom is 0.263 e. The zero-order valence-corrected chi connectivity index (χ0v) is 16.8. The Hall–Kier alpha value is -2.74. The molecule has 4 heterocycles. The van der Waals surface area contributed by atoms with E-state index < -0.39 is 0 Å². The summed E-state index contributed by atoms with van der Waals surface area (Å²) in [4.78, 5) is 32.3. The number of nitrogens with zero attached hydrogens (tertiary/aromatic N) is 4. The van der Waals surface area contributed by atoms with E-state index in [1.165, 1.54) is 6.92 Å². The number of aromatic nitrogens is 3. The molecule has 1 atom stereocenters. The molecular weight excluding hydrogens is 374 g/mol. The molecule has 0 aromatic carbocycles. The van der Waals surface area contributed by atoms with Crippen LogP contribution < -0.4 is 5.32 Å². The van der Waals surface area contributed by atoms with Gasteiger partial charge < -0.3 is 10.2 Å². The van der Waals surface area contributed by atoms with Gasteiger partial charge in [0.05, 0.1) is 17.1 Å². The van der Waals surface area contributed by atoms with Crippen molar-refractivity contribution in [2.75, 3.05) is 19.6 Å². The van der Waals surface area contributed by atoms with Crippen LogP contribution in [-0.2, 0) is 11.3 Å². The standard InChI is InChI=1S/C20H23N5O2S/c1-13-5-6-17(28-13)20(27)24-10-7-15(12-24)18-16-4-3-8-22-19(16)25(23-18)11-9-21-14(2)26/h3-6,8,15H,7,9-12H2,1-2H3,(H,21,26)/t15-/m0/s1. The van der Waals surface area contributed by atoms with E-state index in [-0.39, 0.29) is 17.7 Å². The number of amides is 2. The van der Waals surface area contributed by atoms with Crippen LogP contribution >= 0.6 is 11.3 Å². The van der Waals surface area contributed by atoms with E-state index in [0.717, 1.165) is 39.4 Å². The first-order valence-electron chi connectivity index (χ1n) is 9.44. The van der Waals surface area contributed by atoms with Crippen LogP contribution in [0.3, 0.4) is 0 Å². The minimum Gasteiger partial charge on any atom is -0.354 e. The largest absolute Gasteiger partial charge is 0.354 e. The van der Waals surface area contributed by atoms with Crippen molar-refractivity contribution >= 4 is 34.2 Å². The Kier molecular flexibility index (Phi) is 5.13. The summed E-state index contributed by atoms with van der Waals surface area (Å²) in [7, 11) is 0. The van der Waals surface area contributed by atoms with Gasteiger partial charge in [-0.1, -0.05) is 0 Å². The number of carbonyl (C=O) groups excluding carboxylic acids is 2. The third-order valence-corrected chi connectivity index (χ3v) is 6.04. The molecule has 1 aliphatic rings. The van der Waals surface area contributed by atoms with E-state index in [4.69, 9.17) is 5.10 Å². The topological polar surface area (TPSA) is 80.1 Å². The highest BCUT2D eigenvalue weighted by molar-refractivity contribution is 7.13. The Bertz CT molecular complexity index is 1020. The lowest BCUT2D eigenvalue weighted by molar-refractivity contribution is -0.118. The smallest absolute Gasteiger partial charge is 0.263 e. The summed E-state index contributed by atoms with van der Waals surface area (Å²) < 4.78 is 1.85. The molecule has 1 N–H and O–H groups in total. The number of carbonyl (C=O) groups is 2. The van der Waals surface area contributed by atoms with E-state index in [0.29, 0.717) is 19.6 Å². The molecule has 1 aliphatic heterocycles.